The molecular weight excluding hydrogens is 576 g/mol. The van der Waals surface area contributed by atoms with Gasteiger partial charge in [-0.25, -0.2) is 0 Å². The number of carbonyl (C=O) groups is 4. The van der Waals surface area contributed by atoms with Gasteiger partial charge in [-0.3, -0.25) is 14.4 Å². The molecule has 45 heavy (non-hydrogen) atoms. The van der Waals surface area contributed by atoms with Crippen LogP contribution >= 0.6 is 0 Å². The van der Waals surface area contributed by atoms with Crippen molar-refractivity contribution in [3.05, 3.63) is 93.9 Å². The van der Waals surface area contributed by atoms with Crippen LogP contribution in [-0.4, -0.2) is 78.0 Å². The number of nitrogens with one attached hydrogen (secondary N) is 3. The number of likely N-dealkylation sites (N-methyl/N-ethyl adjacent to an activating group) is 1. The molecule has 2 aromatic carbocycles. The molecule has 3 rings (SSSR count). The first-order valence-electron chi connectivity index (χ1n) is 14.4. The van der Waals surface area contributed by atoms with Crippen LogP contribution in [0.5, 0.6) is 0 Å². The van der Waals surface area contributed by atoms with Crippen molar-refractivity contribution in [1.29, 1.82) is 5.26 Å². The first-order chi connectivity index (χ1) is 21.5. The van der Waals surface area contributed by atoms with Crippen LogP contribution in [0, 0.1) is 25.2 Å². The van der Waals surface area contributed by atoms with Gasteiger partial charge < -0.3 is 35.3 Å². The Kier molecular flexibility index (Phi) is 12.7. The second kappa shape index (κ2) is 16.7. The maximum Gasteiger partial charge on any atom is 0.274 e. The second-order valence-corrected chi connectivity index (χ2v) is 10.8. The SMILES string of the molecule is Cc1ccc(CNC(=O)[C@H](CCc2ccc(C=C(C#N)C(=O)N(C)C)cc2)NC[C@H](O)[C@@H](C=O)NC(=O)c2cc(C)on2)cc1. The minimum Gasteiger partial charge on any atom is -0.389 e. The van der Waals surface area contributed by atoms with Crippen molar-refractivity contribution in [2.75, 3.05) is 20.6 Å². The van der Waals surface area contributed by atoms with Gasteiger partial charge in [0.25, 0.3) is 11.8 Å². The fourth-order valence-corrected chi connectivity index (χ4v) is 4.29. The molecule has 0 fully saturated rings. The molecule has 0 spiro atoms. The number of aliphatic hydroxyl groups excluding tert-OH is 1. The van der Waals surface area contributed by atoms with E-state index in [0.717, 1.165) is 16.7 Å². The van der Waals surface area contributed by atoms with E-state index in [9.17, 15) is 29.5 Å². The van der Waals surface area contributed by atoms with Crippen molar-refractivity contribution in [2.24, 2.45) is 0 Å². The van der Waals surface area contributed by atoms with E-state index >= 15 is 0 Å². The second-order valence-electron chi connectivity index (χ2n) is 10.8. The predicted octanol–water partition coefficient (Wildman–Crippen LogP) is 1.85. The van der Waals surface area contributed by atoms with Gasteiger partial charge in [0.15, 0.2) is 5.69 Å². The predicted molar refractivity (Wildman–Crippen MR) is 166 cm³/mol. The van der Waals surface area contributed by atoms with Crippen LogP contribution in [0.1, 0.15) is 44.9 Å². The molecule has 0 saturated heterocycles. The van der Waals surface area contributed by atoms with Crippen molar-refractivity contribution in [3.63, 3.8) is 0 Å². The summed E-state index contributed by atoms with van der Waals surface area (Å²) < 4.78 is 4.89. The van der Waals surface area contributed by atoms with Crippen molar-refractivity contribution >= 4 is 30.1 Å². The van der Waals surface area contributed by atoms with Gasteiger partial charge in [0.05, 0.1) is 12.1 Å². The number of aliphatic hydroxyl groups is 1. The Labute approximate surface area is 262 Å². The third-order valence-electron chi connectivity index (χ3n) is 6.97. The lowest BCUT2D eigenvalue weighted by Gasteiger charge is -2.23. The lowest BCUT2D eigenvalue weighted by molar-refractivity contribution is -0.124. The number of hydrogen-bond donors (Lipinski definition) is 4. The van der Waals surface area contributed by atoms with E-state index in [1.807, 2.05) is 49.4 Å². The lowest BCUT2D eigenvalue weighted by Crippen LogP contribution is -2.52. The van der Waals surface area contributed by atoms with E-state index in [0.29, 0.717) is 37.0 Å². The smallest absolute Gasteiger partial charge is 0.274 e. The quantitative estimate of drug-likeness (QED) is 0.113. The van der Waals surface area contributed by atoms with E-state index in [1.165, 1.54) is 17.0 Å². The zero-order chi connectivity index (χ0) is 32.9. The molecule has 3 aromatic rings. The molecule has 12 nitrogen and oxygen atoms in total. The number of nitriles is 1. The van der Waals surface area contributed by atoms with E-state index in [2.05, 4.69) is 21.1 Å². The molecule has 236 valence electrons. The molecule has 0 bridgehead atoms. The summed E-state index contributed by atoms with van der Waals surface area (Å²) in [6, 6.07) is 16.4. The van der Waals surface area contributed by atoms with Crippen LogP contribution in [0.15, 0.2) is 64.7 Å². The maximum atomic E-state index is 13.3. The van der Waals surface area contributed by atoms with Gasteiger partial charge in [-0.2, -0.15) is 5.26 Å². The molecule has 4 N–H and O–H groups in total. The molecule has 1 aromatic heterocycles. The lowest BCUT2D eigenvalue weighted by atomic mass is 10.0. The standard InChI is InChI=1S/C33H38N6O6/c1-21-5-7-25(8-6-21)18-36-31(42)27(35-19-30(41)29(20-40)37-32(43)28-15-22(2)45-38-28)14-13-23-9-11-24(12-10-23)16-26(17-34)33(44)39(3)4/h5-12,15-16,20,27,29-30,35,41H,13-14,18-19H2,1-4H3,(H,36,42)(H,37,43)/t27-,29+,30-/m0/s1. The molecule has 0 saturated carbocycles. The summed E-state index contributed by atoms with van der Waals surface area (Å²) in [6.07, 6.45) is 1.43. The number of nitrogens with zero attached hydrogens (tertiary/aromatic N) is 3. The largest absolute Gasteiger partial charge is 0.389 e. The molecule has 0 aliphatic rings. The number of amides is 3. The maximum absolute atomic E-state index is 13.3. The van der Waals surface area contributed by atoms with Crippen LogP contribution in [0.25, 0.3) is 6.08 Å². The minimum absolute atomic E-state index is 0.0155. The van der Waals surface area contributed by atoms with Gasteiger partial charge in [0.2, 0.25) is 5.91 Å². The van der Waals surface area contributed by atoms with Gasteiger partial charge in [0, 0.05) is 33.3 Å². The Morgan fingerprint density at radius 3 is 2.31 bits per heavy atom. The van der Waals surface area contributed by atoms with Crippen molar-refractivity contribution in [1.82, 2.24) is 26.0 Å². The fourth-order valence-electron chi connectivity index (χ4n) is 4.29. The minimum atomic E-state index is -1.34. The normalized spacial score (nSPS) is 13.2. The van der Waals surface area contributed by atoms with E-state index in [1.54, 1.807) is 33.2 Å². The highest BCUT2D eigenvalue weighted by atomic mass is 16.5. The number of aromatic nitrogens is 1. The van der Waals surface area contributed by atoms with Gasteiger partial charge >= 0.3 is 0 Å². The van der Waals surface area contributed by atoms with Crippen LogP contribution in [0.3, 0.4) is 0 Å². The van der Waals surface area contributed by atoms with E-state index in [4.69, 9.17) is 4.52 Å². The Hall–Kier alpha value is -5.12. The molecular formula is C33H38N6O6. The number of carbonyl (C=O) groups excluding carboxylic acids is 4. The van der Waals surface area contributed by atoms with E-state index < -0.39 is 24.1 Å². The van der Waals surface area contributed by atoms with Gasteiger partial charge in [-0.15, -0.1) is 0 Å². The molecule has 3 atom stereocenters. The number of benzene rings is 2. The monoisotopic (exact) mass is 614 g/mol. The Balaban J connectivity index is 1.67. The van der Waals surface area contributed by atoms with Crippen LogP contribution in [0.4, 0.5) is 0 Å². The topological polar surface area (TPSA) is 178 Å². The molecule has 3 amide bonds. The van der Waals surface area contributed by atoms with Gasteiger partial charge in [0.1, 0.15) is 29.7 Å². The first kappa shape index (κ1) is 34.4. The van der Waals surface area contributed by atoms with Crippen molar-refractivity contribution < 1.29 is 28.8 Å². The average molecular weight is 615 g/mol. The fraction of sp³-hybridized carbons (Fsp3) is 0.333. The van der Waals surface area contributed by atoms with Crippen molar-refractivity contribution in [3.8, 4) is 6.07 Å². The van der Waals surface area contributed by atoms with Crippen LogP contribution in [-0.2, 0) is 27.3 Å². The number of hydrogen-bond acceptors (Lipinski definition) is 9. The zero-order valence-electron chi connectivity index (χ0n) is 25.7. The van der Waals surface area contributed by atoms with E-state index in [-0.39, 0.29) is 29.6 Å². The summed E-state index contributed by atoms with van der Waals surface area (Å²) in [4.78, 5) is 50.9. The molecule has 0 aliphatic carbocycles. The number of aldehydes is 1. The summed E-state index contributed by atoms with van der Waals surface area (Å²) in [5.41, 5.74) is 3.60. The first-order valence-corrected chi connectivity index (χ1v) is 14.4. The summed E-state index contributed by atoms with van der Waals surface area (Å²) in [5.74, 6) is -0.949. The number of aryl methyl sites for hydroxylation is 3. The zero-order valence-corrected chi connectivity index (χ0v) is 25.7. The Bertz CT molecular complexity index is 1540. The van der Waals surface area contributed by atoms with Crippen LogP contribution in [0.2, 0.25) is 0 Å². The van der Waals surface area contributed by atoms with Gasteiger partial charge in [-0.1, -0.05) is 59.3 Å². The highest BCUT2D eigenvalue weighted by Gasteiger charge is 2.25. The molecule has 12 heteroatoms. The van der Waals surface area contributed by atoms with Gasteiger partial charge in [-0.05, 0) is 49.5 Å². The van der Waals surface area contributed by atoms with Crippen molar-refractivity contribution in [2.45, 2.75) is 51.4 Å². The molecule has 0 radical (unpaired) electrons. The molecule has 1 heterocycles. The summed E-state index contributed by atoms with van der Waals surface area (Å²) in [6.45, 7) is 3.74. The summed E-state index contributed by atoms with van der Waals surface area (Å²) in [7, 11) is 3.15. The Morgan fingerprint density at radius 1 is 1.07 bits per heavy atom. The highest BCUT2D eigenvalue weighted by molar-refractivity contribution is 6.01. The molecule has 0 aliphatic heterocycles. The highest BCUT2D eigenvalue weighted by Crippen LogP contribution is 2.13. The molecule has 0 unspecified atom stereocenters. The van der Waals surface area contributed by atoms with Crippen LogP contribution < -0.4 is 16.0 Å². The summed E-state index contributed by atoms with van der Waals surface area (Å²) in [5, 5.41) is 32.1. The summed E-state index contributed by atoms with van der Waals surface area (Å²) >= 11 is 0. The third-order valence-corrected chi connectivity index (χ3v) is 6.97. The average Bonchev–Trinajstić information content (AvgIpc) is 3.48. The number of rotatable bonds is 15. The third kappa shape index (κ3) is 10.5. The Morgan fingerprint density at radius 2 is 1.73 bits per heavy atom.